The molecule has 0 aromatic carbocycles. The van der Waals surface area contributed by atoms with Crippen LogP contribution in [0, 0.1) is 5.92 Å². The van der Waals surface area contributed by atoms with Crippen molar-refractivity contribution < 1.29 is 0 Å². The number of hydrogen-bond donors (Lipinski definition) is 1. The fraction of sp³-hybridized carbons (Fsp3) is 0.733. The molecule has 0 unspecified atom stereocenters. The van der Waals surface area contributed by atoms with Gasteiger partial charge in [-0.05, 0) is 38.0 Å². The number of amidine groups is 1. The molecule has 3 rings (SSSR count). The molecule has 1 saturated carbocycles. The van der Waals surface area contributed by atoms with Crippen LogP contribution in [0.3, 0.4) is 0 Å². The normalized spacial score (nSPS) is 31.9. The van der Waals surface area contributed by atoms with E-state index in [0.29, 0.717) is 5.54 Å². The Kier molecular flexibility index (Phi) is 4.36. The minimum Gasteiger partial charge on any atom is -0.359 e. The predicted molar refractivity (Wildman–Crippen MR) is 88.6 cm³/mol. The number of rotatable bonds is 3. The van der Waals surface area contributed by atoms with Crippen LogP contribution in [-0.2, 0) is 13.0 Å². The minimum absolute atomic E-state index is 0.341. The Bertz CT molecular complexity index is 487. The van der Waals surface area contributed by atoms with Crippen molar-refractivity contribution in [2.75, 3.05) is 5.75 Å². The van der Waals surface area contributed by atoms with Gasteiger partial charge in [0.15, 0.2) is 5.17 Å². The van der Waals surface area contributed by atoms with E-state index in [1.165, 1.54) is 36.3 Å². The van der Waals surface area contributed by atoms with Crippen molar-refractivity contribution in [3.8, 4) is 0 Å². The van der Waals surface area contributed by atoms with E-state index in [4.69, 9.17) is 4.99 Å². The number of aliphatic imine (C=N–C) groups is 1. The van der Waals surface area contributed by atoms with Crippen LogP contribution in [0.25, 0.3) is 0 Å². The maximum Gasteiger partial charge on any atom is 0.157 e. The second-order valence-corrected chi connectivity index (χ2v) is 8.24. The predicted octanol–water partition coefficient (Wildman–Crippen LogP) is 3.85. The monoisotopic (exact) mass is 309 g/mol. The first-order valence-corrected chi connectivity index (χ1v) is 9.38. The van der Waals surface area contributed by atoms with E-state index >= 15 is 0 Å². The van der Waals surface area contributed by atoms with Crippen LogP contribution in [-0.4, -0.2) is 21.4 Å². The molecule has 0 radical (unpaired) electrons. The highest BCUT2D eigenvalue weighted by atomic mass is 32.2. The molecule has 0 atom stereocenters. The molecule has 20 heavy (non-hydrogen) atoms. The number of aryl methyl sites for hydroxylation is 1. The van der Waals surface area contributed by atoms with Crippen molar-refractivity contribution in [3.63, 3.8) is 0 Å². The van der Waals surface area contributed by atoms with Crippen molar-refractivity contribution in [2.45, 2.75) is 58.0 Å². The molecule has 0 bridgehead atoms. The van der Waals surface area contributed by atoms with E-state index in [-0.39, 0.29) is 0 Å². The molecule has 3 nitrogen and oxygen atoms in total. The molecule has 1 N–H and O–H groups in total. The Labute approximate surface area is 129 Å². The van der Waals surface area contributed by atoms with Gasteiger partial charge in [-0.1, -0.05) is 25.6 Å². The van der Waals surface area contributed by atoms with E-state index in [9.17, 15) is 0 Å². The van der Waals surface area contributed by atoms with E-state index < -0.39 is 0 Å². The van der Waals surface area contributed by atoms with Crippen molar-refractivity contribution in [1.82, 2.24) is 10.3 Å². The van der Waals surface area contributed by atoms with Crippen molar-refractivity contribution in [2.24, 2.45) is 10.9 Å². The number of nitrogens with one attached hydrogen (secondary N) is 1. The van der Waals surface area contributed by atoms with Crippen LogP contribution in [0.4, 0.5) is 0 Å². The number of hydrogen-bond acceptors (Lipinski definition) is 4. The zero-order valence-corrected chi connectivity index (χ0v) is 13.9. The Morgan fingerprint density at radius 3 is 2.95 bits per heavy atom. The van der Waals surface area contributed by atoms with Crippen LogP contribution in [0.2, 0.25) is 0 Å². The summed E-state index contributed by atoms with van der Waals surface area (Å²) < 4.78 is 0. The summed E-state index contributed by atoms with van der Waals surface area (Å²) in [4.78, 5) is 10.5. The molecular weight excluding hydrogens is 286 g/mol. The summed E-state index contributed by atoms with van der Waals surface area (Å²) in [5, 5.41) is 5.97. The summed E-state index contributed by atoms with van der Waals surface area (Å²) in [5.41, 5.74) is 0.341. The first-order chi connectivity index (χ1) is 9.69. The van der Waals surface area contributed by atoms with Crippen LogP contribution in [0.5, 0.6) is 0 Å². The maximum atomic E-state index is 4.73. The molecule has 0 amide bonds. The van der Waals surface area contributed by atoms with Gasteiger partial charge in [-0.15, -0.1) is 11.3 Å². The third kappa shape index (κ3) is 3.19. The Balaban J connectivity index is 1.58. The average Bonchev–Trinajstić information content (AvgIpc) is 3.08. The molecule has 2 aliphatic rings. The van der Waals surface area contributed by atoms with Gasteiger partial charge in [0.05, 0.1) is 6.54 Å². The summed E-state index contributed by atoms with van der Waals surface area (Å²) in [5.74, 6) is 2.09. The van der Waals surface area contributed by atoms with Gasteiger partial charge in [0.25, 0.3) is 0 Å². The number of thiazole rings is 1. The van der Waals surface area contributed by atoms with E-state index in [2.05, 4.69) is 24.1 Å². The second-order valence-electron chi connectivity index (χ2n) is 6.07. The highest BCUT2D eigenvalue weighted by Crippen LogP contribution is 2.38. The van der Waals surface area contributed by atoms with Gasteiger partial charge >= 0.3 is 0 Å². The Hall–Kier alpha value is -0.550. The third-order valence-corrected chi connectivity index (χ3v) is 6.72. The van der Waals surface area contributed by atoms with Gasteiger partial charge < -0.3 is 5.32 Å². The van der Waals surface area contributed by atoms with Crippen molar-refractivity contribution in [3.05, 3.63) is 16.1 Å². The molecule has 2 fully saturated rings. The first kappa shape index (κ1) is 14.4. The fourth-order valence-corrected chi connectivity index (χ4v) is 4.90. The summed E-state index contributed by atoms with van der Waals surface area (Å²) >= 11 is 3.68. The topological polar surface area (TPSA) is 37.3 Å². The molecular formula is C15H23N3S2. The quantitative estimate of drug-likeness (QED) is 0.921. The van der Waals surface area contributed by atoms with Crippen molar-refractivity contribution in [1.29, 1.82) is 0 Å². The lowest BCUT2D eigenvalue weighted by Crippen LogP contribution is -2.46. The molecule has 1 aromatic heterocycles. The van der Waals surface area contributed by atoms with Gasteiger partial charge in [0.2, 0.25) is 0 Å². The van der Waals surface area contributed by atoms with Gasteiger partial charge in [-0.3, -0.25) is 4.99 Å². The SMILES string of the molecule is CCc1cnc(CN=C2NC3(CCC(C)CC3)CS2)s1. The lowest BCUT2D eigenvalue weighted by Gasteiger charge is -2.35. The lowest BCUT2D eigenvalue weighted by molar-refractivity contribution is 0.251. The zero-order valence-electron chi connectivity index (χ0n) is 12.3. The lowest BCUT2D eigenvalue weighted by atomic mass is 9.78. The average molecular weight is 310 g/mol. The zero-order chi connectivity index (χ0) is 14.0. The fourth-order valence-electron chi connectivity index (χ4n) is 2.90. The van der Waals surface area contributed by atoms with Crippen LogP contribution in [0.15, 0.2) is 11.2 Å². The van der Waals surface area contributed by atoms with Crippen LogP contribution in [0.1, 0.15) is 49.4 Å². The highest BCUT2D eigenvalue weighted by Gasteiger charge is 2.39. The minimum atomic E-state index is 0.341. The molecule has 1 saturated heterocycles. The van der Waals surface area contributed by atoms with Gasteiger partial charge in [0, 0.05) is 22.4 Å². The molecule has 1 aliphatic carbocycles. The third-order valence-electron chi connectivity index (χ3n) is 4.40. The highest BCUT2D eigenvalue weighted by molar-refractivity contribution is 8.14. The molecule has 110 valence electrons. The van der Waals surface area contributed by atoms with Gasteiger partial charge in [-0.25, -0.2) is 4.98 Å². The Morgan fingerprint density at radius 2 is 2.25 bits per heavy atom. The van der Waals surface area contributed by atoms with E-state index in [1.54, 1.807) is 11.3 Å². The summed E-state index contributed by atoms with van der Waals surface area (Å²) in [6.45, 7) is 5.27. The van der Waals surface area contributed by atoms with Gasteiger partial charge in [0.1, 0.15) is 5.01 Å². The smallest absolute Gasteiger partial charge is 0.157 e. The maximum absolute atomic E-state index is 4.73. The van der Waals surface area contributed by atoms with Crippen LogP contribution >= 0.6 is 23.1 Å². The molecule has 1 spiro atoms. The molecule has 5 heteroatoms. The molecule has 2 heterocycles. The second kappa shape index (κ2) is 6.06. The Morgan fingerprint density at radius 1 is 1.45 bits per heavy atom. The number of aromatic nitrogens is 1. The number of thioether (sulfide) groups is 1. The van der Waals surface area contributed by atoms with Crippen molar-refractivity contribution >= 4 is 28.3 Å². The number of nitrogens with zero attached hydrogens (tertiary/aromatic N) is 2. The first-order valence-electron chi connectivity index (χ1n) is 7.58. The summed E-state index contributed by atoms with van der Waals surface area (Å²) in [6.07, 6.45) is 8.37. The standard InChI is InChI=1S/C15H23N3S2/c1-3-12-8-16-13(20-12)9-17-14-18-15(10-19-14)6-4-11(2)5-7-15/h8,11H,3-7,9-10H2,1-2H3,(H,17,18). The van der Waals surface area contributed by atoms with Crippen LogP contribution < -0.4 is 5.32 Å². The molecule has 1 aromatic rings. The van der Waals surface area contributed by atoms with E-state index in [1.807, 2.05) is 18.0 Å². The van der Waals surface area contributed by atoms with Gasteiger partial charge in [-0.2, -0.15) is 0 Å². The molecule has 1 aliphatic heterocycles. The summed E-state index contributed by atoms with van der Waals surface area (Å²) in [7, 11) is 0. The van der Waals surface area contributed by atoms with E-state index in [0.717, 1.165) is 29.1 Å². The largest absolute Gasteiger partial charge is 0.359 e. The summed E-state index contributed by atoms with van der Waals surface area (Å²) in [6, 6.07) is 0.